The molecule has 3 heteroatoms. The Hall–Kier alpha value is -3.69. The van der Waals surface area contributed by atoms with E-state index in [9.17, 15) is 0 Å². The van der Waals surface area contributed by atoms with Crippen LogP contribution >= 0.6 is 11.3 Å². The summed E-state index contributed by atoms with van der Waals surface area (Å²) in [7, 11) is 0. The van der Waals surface area contributed by atoms with E-state index < -0.39 is 0 Å². The molecule has 0 spiro atoms. The molecule has 0 amide bonds. The van der Waals surface area contributed by atoms with Gasteiger partial charge in [0.2, 0.25) is 0 Å². The topological polar surface area (TPSA) is 26.0 Å². The quantitative estimate of drug-likeness (QED) is 0.251. The summed E-state index contributed by atoms with van der Waals surface area (Å²) >= 11 is 1.84. The van der Waals surface area contributed by atoms with E-state index >= 15 is 0 Å². The van der Waals surface area contributed by atoms with E-state index in [4.69, 9.17) is 9.40 Å². The zero-order valence-electron chi connectivity index (χ0n) is 20.1. The van der Waals surface area contributed by atoms with E-state index in [1.165, 1.54) is 31.1 Å². The van der Waals surface area contributed by atoms with Crippen molar-refractivity contribution in [2.75, 3.05) is 0 Å². The summed E-state index contributed by atoms with van der Waals surface area (Å²) in [5.74, 6) is 0. The first-order valence-corrected chi connectivity index (χ1v) is 12.9. The number of rotatable bonds is 2. The van der Waals surface area contributed by atoms with E-state index in [1.54, 1.807) is 0 Å². The predicted octanol–water partition coefficient (Wildman–Crippen LogP) is 9.76. The highest BCUT2D eigenvalue weighted by molar-refractivity contribution is 7.26. The van der Waals surface area contributed by atoms with Crippen molar-refractivity contribution in [3.8, 4) is 11.3 Å². The van der Waals surface area contributed by atoms with Crippen LogP contribution in [0.2, 0.25) is 0 Å². The van der Waals surface area contributed by atoms with Crippen LogP contribution in [0.1, 0.15) is 26.3 Å². The number of fused-ring (bicyclic) bond motifs is 8. The van der Waals surface area contributed by atoms with Gasteiger partial charge in [0.05, 0.1) is 10.4 Å². The Morgan fingerprint density at radius 2 is 1.54 bits per heavy atom. The second-order valence-electron chi connectivity index (χ2n) is 10.7. The molecule has 7 aromatic rings. The van der Waals surface area contributed by atoms with Gasteiger partial charge in [-0.3, -0.25) is 4.98 Å². The minimum atomic E-state index is 0.262. The number of benzene rings is 4. The molecule has 0 atom stereocenters. The minimum absolute atomic E-state index is 0.262. The molecule has 0 bridgehead atoms. The Labute approximate surface area is 207 Å². The highest BCUT2D eigenvalue weighted by Crippen LogP contribution is 2.43. The summed E-state index contributed by atoms with van der Waals surface area (Å²) < 4.78 is 9.15. The largest absolute Gasteiger partial charge is 0.455 e. The maximum atomic E-state index is 6.61. The molecule has 0 aliphatic carbocycles. The molecule has 170 valence electrons. The van der Waals surface area contributed by atoms with Crippen molar-refractivity contribution < 1.29 is 4.42 Å². The van der Waals surface area contributed by atoms with Gasteiger partial charge in [-0.15, -0.1) is 11.3 Å². The summed E-state index contributed by atoms with van der Waals surface area (Å²) in [5.41, 5.74) is 5.55. The SMILES string of the molecule is CC(C)(C)Cc1ccc2c(c1)sc1c(-c3cccc4c3oc3c5ccccc5ccc43)nccc12. The van der Waals surface area contributed by atoms with Gasteiger partial charge in [0, 0.05) is 43.4 Å². The molecule has 3 heterocycles. The first-order chi connectivity index (χ1) is 17.0. The number of aromatic nitrogens is 1. The van der Waals surface area contributed by atoms with Crippen LogP contribution in [0.15, 0.2) is 89.5 Å². The lowest BCUT2D eigenvalue weighted by molar-refractivity contribution is 0.411. The number of para-hydroxylation sites is 1. The van der Waals surface area contributed by atoms with Crippen LogP contribution < -0.4 is 0 Å². The molecule has 4 aromatic carbocycles. The molecule has 0 fully saturated rings. The lowest BCUT2D eigenvalue weighted by atomic mass is 9.88. The van der Waals surface area contributed by atoms with Gasteiger partial charge in [0.25, 0.3) is 0 Å². The summed E-state index contributed by atoms with van der Waals surface area (Å²) in [6, 6.07) is 28.3. The molecule has 0 unspecified atom stereocenters. The smallest absolute Gasteiger partial charge is 0.144 e. The maximum absolute atomic E-state index is 6.61. The second-order valence-corrected chi connectivity index (χ2v) is 11.7. The highest BCUT2D eigenvalue weighted by Gasteiger charge is 2.19. The van der Waals surface area contributed by atoms with Crippen LogP contribution in [-0.2, 0) is 6.42 Å². The zero-order chi connectivity index (χ0) is 23.7. The van der Waals surface area contributed by atoms with Crippen molar-refractivity contribution in [1.29, 1.82) is 0 Å². The molecule has 3 aromatic heterocycles. The van der Waals surface area contributed by atoms with Gasteiger partial charge in [-0.1, -0.05) is 75.4 Å². The van der Waals surface area contributed by atoms with E-state index in [0.717, 1.165) is 45.0 Å². The molecule has 0 aliphatic heterocycles. The van der Waals surface area contributed by atoms with Crippen LogP contribution in [0, 0.1) is 5.41 Å². The molecule has 0 radical (unpaired) electrons. The first kappa shape index (κ1) is 20.7. The molecular formula is C32H25NOS. The average Bonchev–Trinajstić information content (AvgIpc) is 3.41. The minimum Gasteiger partial charge on any atom is -0.455 e. The molecule has 2 nitrogen and oxygen atoms in total. The maximum Gasteiger partial charge on any atom is 0.144 e. The summed E-state index contributed by atoms with van der Waals surface area (Å²) in [6.07, 6.45) is 3.00. The van der Waals surface area contributed by atoms with Crippen molar-refractivity contribution in [2.45, 2.75) is 27.2 Å². The van der Waals surface area contributed by atoms with Gasteiger partial charge >= 0.3 is 0 Å². The number of nitrogens with zero attached hydrogens (tertiary/aromatic N) is 1. The van der Waals surface area contributed by atoms with E-state index in [-0.39, 0.29) is 5.41 Å². The average molecular weight is 472 g/mol. The molecule has 0 saturated carbocycles. The van der Waals surface area contributed by atoms with Crippen LogP contribution in [0.3, 0.4) is 0 Å². The Kier molecular flexibility index (Phi) is 4.37. The monoisotopic (exact) mass is 471 g/mol. The number of thiophene rings is 1. The van der Waals surface area contributed by atoms with E-state index in [1.807, 2.05) is 17.5 Å². The van der Waals surface area contributed by atoms with Crippen molar-refractivity contribution in [2.24, 2.45) is 5.41 Å². The Bertz CT molecular complexity index is 1920. The lowest BCUT2D eigenvalue weighted by Crippen LogP contribution is -2.08. The van der Waals surface area contributed by atoms with E-state index in [0.29, 0.717) is 0 Å². The summed E-state index contributed by atoms with van der Waals surface area (Å²) in [5, 5.41) is 7.18. The standard InChI is InChI=1S/C32H25NOS/c1-32(2,3)18-19-11-13-22-25-15-16-33-28(31(25)35-27(22)17-19)26-10-6-9-23-24-14-12-20-7-4-5-8-21(20)29(24)34-30(23)26/h4-17H,18H2,1-3H3. The molecule has 0 N–H and O–H groups in total. The highest BCUT2D eigenvalue weighted by atomic mass is 32.1. The van der Waals surface area contributed by atoms with Crippen molar-refractivity contribution in [3.63, 3.8) is 0 Å². The summed E-state index contributed by atoms with van der Waals surface area (Å²) in [4.78, 5) is 4.89. The van der Waals surface area contributed by atoms with Crippen LogP contribution in [0.4, 0.5) is 0 Å². The number of pyridine rings is 1. The number of furan rings is 1. The predicted molar refractivity (Wildman–Crippen MR) is 151 cm³/mol. The zero-order valence-corrected chi connectivity index (χ0v) is 20.9. The van der Waals surface area contributed by atoms with Crippen LogP contribution in [0.5, 0.6) is 0 Å². The Morgan fingerprint density at radius 1 is 0.743 bits per heavy atom. The fourth-order valence-electron chi connectivity index (χ4n) is 5.37. The van der Waals surface area contributed by atoms with Gasteiger partial charge < -0.3 is 4.42 Å². The third kappa shape index (κ3) is 3.26. The normalized spacial score (nSPS) is 12.5. The molecule has 35 heavy (non-hydrogen) atoms. The fourth-order valence-corrected chi connectivity index (χ4v) is 6.64. The van der Waals surface area contributed by atoms with Crippen LogP contribution in [-0.4, -0.2) is 4.98 Å². The molecule has 0 saturated heterocycles. The summed E-state index contributed by atoms with van der Waals surface area (Å²) in [6.45, 7) is 6.88. The lowest BCUT2D eigenvalue weighted by Gasteiger charge is -2.17. The third-order valence-corrected chi connectivity index (χ3v) is 8.01. The molecular weight excluding hydrogens is 446 g/mol. The van der Waals surface area contributed by atoms with Gasteiger partial charge in [0.1, 0.15) is 11.2 Å². The van der Waals surface area contributed by atoms with Crippen molar-refractivity contribution in [3.05, 3.63) is 90.6 Å². The van der Waals surface area contributed by atoms with Gasteiger partial charge in [-0.05, 0) is 47.1 Å². The van der Waals surface area contributed by atoms with Gasteiger partial charge in [-0.2, -0.15) is 0 Å². The Balaban J connectivity index is 1.49. The Morgan fingerprint density at radius 3 is 2.43 bits per heavy atom. The molecule has 7 rings (SSSR count). The number of hydrogen-bond donors (Lipinski definition) is 0. The van der Waals surface area contributed by atoms with Gasteiger partial charge in [0.15, 0.2) is 0 Å². The third-order valence-electron chi connectivity index (χ3n) is 6.83. The van der Waals surface area contributed by atoms with Gasteiger partial charge in [-0.25, -0.2) is 0 Å². The second kappa shape index (κ2) is 7.40. The van der Waals surface area contributed by atoms with Crippen LogP contribution in [0.25, 0.3) is 64.1 Å². The first-order valence-electron chi connectivity index (χ1n) is 12.1. The van der Waals surface area contributed by atoms with Crippen molar-refractivity contribution >= 4 is 64.2 Å². The number of hydrogen-bond acceptors (Lipinski definition) is 3. The van der Waals surface area contributed by atoms with E-state index in [2.05, 4.69) is 99.6 Å². The fraction of sp³-hybridized carbons (Fsp3) is 0.156. The van der Waals surface area contributed by atoms with Crippen molar-refractivity contribution in [1.82, 2.24) is 4.98 Å². The molecule has 0 aliphatic rings.